The monoisotopic (exact) mass is 204 g/mol. The highest BCUT2D eigenvalue weighted by Gasteiger charge is 2.25. The number of nitrogens with one attached hydrogen (secondary N) is 2. The standard InChI is InChI=1S/C12H16N2O/c1-8(2)7-11-12(15)14-10-6-4-3-5-9(10)13-11/h3-6,8,11,13H,7H2,1-2H3,(H,14,15)/t11-/m1/s1. The molecule has 1 aliphatic heterocycles. The second-order valence-electron chi connectivity index (χ2n) is 4.36. The average Bonchev–Trinajstić information content (AvgIpc) is 2.18. The van der Waals surface area contributed by atoms with E-state index in [1.807, 2.05) is 24.3 Å². The summed E-state index contributed by atoms with van der Waals surface area (Å²) in [4.78, 5) is 11.7. The Morgan fingerprint density at radius 3 is 2.60 bits per heavy atom. The largest absolute Gasteiger partial charge is 0.372 e. The molecular formula is C12H16N2O. The quantitative estimate of drug-likeness (QED) is 0.777. The third kappa shape index (κ3) is 2.12. The molecule has 0 fully saturated rings. The molecule has 0 aliphatic carbocycles. The molecule has 80 valence electrons. The molecule has 0 radical (unpaired) electrons. The summed E-state index contributed by atoms with van der Waals surface area (Å²) < 4.78 is 0. The van der Waals surface area contributed by atoms with Gasteiger partial charge in [-0.2, -0.15) is 0 Å². The van der Waals surface area contributed by atoms with Crippen molar-refractivity contribution in [3.63, 3.8) is 0 Å². The number of amides is 1. The van der Waals surface area contributed by atoms with Crippen LogP contribution in [-0.4, -0.2) is 11.9 Å². The Kier molecular flexibility index (Phi) is 2.62. The minimum atomic E-state index is -0.0973. The summed E-state index contributed by atoms with van der Waals surface area (Å²) >= 11 is 0. The lowest BCUT2D eigenvalue weighted by molar-refractivity contribution is -0.117. The molecule has 1 aromatic rings. The normalized spacial score (nSPS) is 19.4. The van der Waals surface area contributed by atoms with Gasteiger partial charge in [0, 0.05) is 0 Å². The lowest BCUT2D eigenvalue weighted by Crippen LogP contribution is -2.39. The highest BCUT2D eigenvalue weighted by atomic mass is 16.2. The van der Waals surface area contributed by atoms with Crippen LogP contribution in [0.3, 0.4) is 0 Å². The zero-order valence-corrected chi connectivity index (χ0v) is 9.08. The van der Waals surface area contributed by atoms with Crippen LogP contribution < -0.4 is 10.6 Å². The van der Waals surface area contributed by atoms with Crippen molar-refractivity contribution in [2.45, 2.75) is 26.3 Å². The maximum atomic E-state index is 11.7. The summed E-state index contributed by atoms with van der Waals surface area (Å²) in [6.07, 6.45) is 0.861. The Balaban J connectivity index is 2.18. The molecule has 1 atom stereocenters. The van der Waals surface area contributed by atoms with E-state index in [0.29, 0.717) is 5.92 Å². The Morgan fingerprint density at radius 1 is 1.27 bits per heavy atom. The van der Waals surface area contributed by atoms with Crippen LogP contribution in [0.15, 0.2) is 24.3 Å². The van der Waals surface area contributed by atoms with E-state index in [1.54, 1.807) is 0 Å². The van der Waals surface area contributed by atoms with Crippen LogP contribution in [0, 0.1) is 5.92 Å². The van der Waals surface area contributed by atoms with Crippen molar-refractivity contribution in [1.29, 1.82) is 0 Å². The highest BCUT2D eigenvalue weighted by Crippen LogP contribution is 2.27. The number of rotatable bonds is 2. The van der Waals surface area contributed by atoms with Gasteiger partial charge >= 0.3 is 0 Å². The van der Waals surface area contributed by atoms with Crippen molar-refractivity contribution in [3.05, 3.63) is 24.3 Å². The van der Waals surface area contributed by atoms with Gasteiger partial charge < -0.3 is 10.6 Å². The second-order valence-corrected chi connectivity index (χ2v) is 4.36. The zero-order valence-electron chi connectivity index (χ0n) is 9.08. The summed E-state index contributed by atoms with van der Waals surface area (Å²) in [5, 5.41) is 6.18. The molecular weight excluding hydrogens is 188 g/mol. The summed E-state index contributed by atoms with van der Waals surface area (Å²) in [6.45, 7) is 4.24. The highest BCUT2D eigenvalue weighted by molar-refractivity contribution is 6.02. The first-order valence-electron chi connectivity index (χ1n) is 5.33. The fourth-order valence-electron chi connectivity index (χ4n) is 1.83. The molecule has 0 bridgehead atoms. The molecule has 3 nitrogen and oxygen atoms in total. The van der Waals surface area contributed by atoms with Gasteiger partial charge in [0.05, 0.1) is 11.4 Å². The first kappa shape index (κ1) is 10.0. The Morgan fingerprint density at radius 2 is 1.93 bits per heavy atom. The van der Waals surface area contributed by atoms with E-state index in [2.05, 4.69) is 24.5 Å². The first-order valence-corrected chi connectivity index (χ1v) is 5.33. The fraction of sp³-hybridized carbons (Fsp3) is 0.417. The molecule has 2 N–H and O–H groups in total. The number of hydrogen-bond acceptors (Lipinski definition) is 2. The third-order valence-corrected chi connectivity index (χ3v) is 2.54. The maximum absolute atomic E-state index is 11.7. The van der Waals surface area contributed by atoms with Crippen molar-refractivity contribution < 1.29 is 4.79 Å². The minimum absolute atomic E-state index is 0.0717. The Bertz CT molecular complexity index is 374. The molecule has 1 amide bonds. The van der Waals surface area contributed by atoms with Gasteiger partial charge in [0.25, 0.3) is 0 Å². The van der Waals surface area contributed by atoms with Crippen LogP contribution >= 0.6 is 0 Å². The molecule has 2 rings (SSSR count). The van der Waals surface area contributed by atoms with Crippen LogP contribution in [0.2, 0.25) is 0 Å². The van der Waals surface area contributed by atoms with Crippen LogP contribution in [-0.2, 0) is 4.79 Å². The van der Waals surface area contributed by atoms with Crippen LogP contribution in [0.1, 0.15) is 20.3 Å². The number of anilines is 2. The zero-order chi connectivity index (χ0) is 10.8. The molecule has 0 saturated heterocycles. The summed E-state index contributed by atoms with van der Waals surface area (Å²) in [7, 11) is 0. The van der Waals surface area contributed by atoms with Gasteiger partial charge in [-0.1, -0.05) is 26.0 Å². The van der Waals surface area contributed by atoms with Gasteiger partial charge in [-0.15, -0.1) is 0 Å². The van der Waals surface area contributed by atoms with E-state index in [9.17, 15) is 4.79 Å². The van der Waals surface area contributed by atoms with Crippen molar-refractivity contribution >= 4 is 17.3 Å². The lowest BCUT2D eigenvalue weighted by Gasteiger charge is -2.27. The molecule has 0 saturated carbocycles. The van der Waals surface area contributed by atoms with Crippen LogP contribution in [0.25, 0.3) is 0 Å². The summed E-state index contributed by atoms with van der Waals surface area (Å²) in [5.74, 6) is 0.584. The molecule has 0 spiro atoms. The molecule has 0 unspecified atom stereocenters. The Labute approximate surface area is 89.9 Å². The van der Waals surface area contributed by atoms with Crippen LogP contribution in [0.5, 0.6) is 0 Å². The van der Waals surface area contributed by atoms with E-state index < -0.39 is 0 Å². The smallest absolute Gasteiger partial charge is 0.246 e. The first-order chi connectivity index (χ1) is 7.16. The number of fused-ring (bicyclic) bond motifs is 1. The fourth-order valence-corrected chi connectivity index (χ4v) is 1.83. The van der Waals surface area contributed by atoms with Gasteiger partial charge in [-0.25, -0.2) is 0 Å². The molecule has 1 heterocycles. The molecule has 1 aliphatic rings. The SMILES string of the molecule is CC(C)C[C@H]1Nc2ccccc2NC1=O. The second kappa shape index (κ2) is 3.93. The van der Waals surface area contributed by atoms with E-state index in [-0.39, 0.29) is 11.9 Å². The summed E-state index contributed by atoms with van der Waals surface area (Å²) in [5.41, 5.74) is 1.89. The number of hydrogen-bond donors (Lipinski definition) is 2. The van der Waals surface area contributed by atoms with Crippen molar-refractivity contribution in [2.24, 2.45) is 5.92 Å². The number of carbonyl (C=O) groups is 1. The Hall–Kier alpha value is -1.51. The predicted molar refractivity (Wildman–Crippen MR) is 61.9 cm³/mol. The van der Waals surface area contributed by atoms with E-state index in [1.165, 1.54) is 0 Å². The number of carbonyl (C=O) groups excluding carboxylic acids is 1. The summed E-state index contributed by atoms with van der Waals surface area (Å²) in [6, 6.07) is 7.69. The van der Waals surface area contributed by atoms with Gasteiger partial charge in [-0.3, -0.25) is 4.79 Å². The predicted octanol–water partition coefficient (Wildman–Crippen LogP) is 2.47. The van der Waals surface area contributed by atoms with Crippen molar-refractivity contribution in [3.8, 4) is 0 Å². The maximum Gasteiger partial charge on any atom is 0.246 e. The minimum Gasteiger partial charge on any atom is -0.372 e. The van der Waals surface area contributed by atoms with E-state index in [0.717, 1.165) is 17.8 Å². The number of benzene rings is 1. The average molecular weight is 204 g/mol. The third-order valence-electron chi connectivity index (χ3n) is 2.54. The van der Waals surface area contributed by atoms with E-state index >= 15 is 0 Å². The van der Waals surface area contributed by atoms with Gasteiger partial charge in [0.2, 0.25) is 5.91 Å². The van der Waals surface area contributed by atoms with Gasteiger partial charge in [0.15, 0.2) is 0 Å². The van der Waals surface area contributed by atoms with Crippen molar-refractivity contribution in [2.75, 3.05) is 10.6 Å². The lowest BCUT2D eigenvalue weighted by atomic mass is 10.0. The van der Waals surface area contributed by atoms with E-state index in [4.69, 9.17) is 0 Å². The number of para-hydroxylation sites is 2. The molecule has 3 heteroatoms. The van der Waals surface area contributed by atoms with Crippen molar-refractivity contribution in [1.82, 2.24) is 0 Å². The van der Waals surface area contributed by atoms with Crippen LogP contribution in [0.4, 0.5) is 11.4 Å². The molecule has 1 aromatic carbocycles. The van der Waals surface area contributed by atoms with Gasteiger partial charge in [0.1, 0.15) is 6.04 Å². The molecule has 15 heavy (non-hydrogen) atoms. The topological polar surface area (TPSA) is 41.1 Å². The van der Waals surface area contributed by atoms with Gasteiger partial charge in [-0.05, 0) is 24.5 Å². The molecule has 0 aromatic heterocycles.